The van der Waals surface area contributed by atoms with Crippen LogP contribution in [0.4, 0.5) is 9.93 Å². The van der Waals surface area contributed by atoms with Gasteiger partial charge >= 0.3 is 6.09 Å². The summed E-state index contributed by atoms with van der Waals surface area (Å²) in [7, 11) is -2.35. The molecule has 30 heavy (non-hydrogen) atoms. The van der Waals surface area contributed by atoms with E-state index in [4.69, 9.17) is 9.47 Å². The lowest BCUT2D eigenvalue weighted by atomic mass is 10.3. The predicted molar refractivity (Wildman–Crippen MR) is 110 cm³/mol. The number of thiazole rings is 1. The molecular weight excluding hydrogens is 432 g/mol. The lowest BCUT2D eigenvalue weighted by molar-refractivity contribution is 0.0566. The summed E-state index contributed by atoms with van der Waals surface area (Å²) in [6, 6.07) is 5.93. The number of ether oxygens (including phenoxy) is 2. The van der Waals surface area contributed by atoms with Gasteiger partial charge in [0.15, 0.2) is 5.13 Å². The first kappa shape index (κ1) is 21.8. The number of nitrogens with zero attached hydrogens (tertiary/aromatic N) is 3. The molecule has 2 aromatic rings. The van der Waals surface area contributed by atoms with Crippen LogP contribution < -0.4 is 9.46 Å². The Hall–Kier alpha value is -2.86. The van der Waals surface area contributed by atoms with Gasteiger partial charge in [0, 0.05) is 31.6 Å². The number of carbonyl (C=O) groups excluding carboxylic acids is 2. The molecule has 10 nitrogen and oxygen atoms in total. The molecule has 1 fully saturated rings. The van der Waals surface area contributed by atoms with Crippen molar-refractivity contribution >= 4 is 38.5 Å². The second kappa shape index (κ2) is 9.30. The van der Waals surface area contributed by atoms with Gasteiger partial charge in [-0.2, -0.15) is 0 Å². The SMILES string of the molecule is CCOC(=O)N1CCN(C(=O)c2csc(NS(=O)(=O)c3ccc(OC)cc3)n2)CC1. The molecule has 0 spiro atoms. The summed E-state index contributed by atoms with van der Waals surface area (Å²) < 4.78 is 37.4. The summed E-state index contributed by atoms with van der Waals surface area (Å²) in [6.45, 7) is 3.47. The number of anilines is 1. The minimum absolute atomic E-state index is 0.0569. The summed E-state index contributed by atoms with van der Waals surface area (Å²) in [5.74, 6) is 0.226. The van der Waals surface area contributed by atoms with Crippen molar-refractivity contribution in [3.8, 4) is 5.75 Å². The molecule has 0 bridgehead atoms. The van der Waals surface area contributed by atoms with Crippen LogP contribution in [-0.2, 0) is 14.8 Å². The van der Waals surface area contributed by atoms with Crippen LogP contribution in [0, 0.1) is 0 Å². The highest BCUT2D eigenvalue weighted by molar-refractivity contribution is 7.93. The fourth-order valence-electron chi connectivity index (χ4n) is 2.82. The van der Waals surface area contributed by atoms with Crippen molar-refractivity contribution in [1.29, 1.82) is 0 Å². The van der Waals surface area contributed by atoms with Crippen LogP contribution in [0.15, 0.2) is 34.5 Å². The summed E-state index contributed by atoms with van der Waals surface area (Å²) in [6.07, 6.45) is -0.395. The van der Waals surface area contributed by atoms with E-state index in [0.29, 0.717) is 38.5 Å². The van der Waals surface area contributed by atoms with Crippen LogP contribution in [0.2, 0.25) is 0 Å². The Morgan fingerprint density at radius 1 is 1.13 bits per heavy atom. The summed E-state index contributed by atoms with van der Waals surface area (Å²) in [4.78, 5) is 31.7. The molecule has 0 unspecified atom stereocenters. The molecule has 1 N–H and O–H groups in total. The van der Waals surface area contributed by atoms with Gasteiger partial charge in [0.2, 0.25) is 0 Å². The highest BCUT2D eigenvalue weighted by Gasteiger charge is 2.27. The van der Waals surface area contributed by atoms with Gasteiger partial charge in [-0.05, 0) is 31.2 Å². The van der Waals surface area contributed by atoms with Crippen molar-refractivity contribution in [2.45, 2.75) is 11.8 Å². The van der Waals surface area contributed by atoms with Crippen molar-refractivity contribution in [3.63, 3.8) is 0 Å². The molecule has 162 valence electrons. The first-order valence-electron chi connectivity index (χ1n) is 9.17. The average Bonchev–Trinajstić information content (AvgIpc) is 3.21. The Labute approximate surface area is 178 Å². The number of hydrogen-bond acceptors (Lipinski definition) is 8. The van der Waals surface area contributed by atoms with Gasteiger partial charge in [-0.1, -0.05) is 0 Å². The molecule has 1 aliphatic rings. The average molecular weight is 455 g/mol. The minimum atomic E-state index is -3.84. The molecule has 3 rings (SSSR count). The van der Waals surface area contributed by atoms with Gasteiger partial charge < -0.3 is 19.3 Å². The summed E-state index contributed by atoms with van der Waals surface area (Å²) in [5.41, 5.74) is 0.150. The van der Waals surface area contributed by atoms with Crippen LogP contribution >= 0.6 is 11.3 Å². The summed E-state index contributed by atoms with van der Waals surface area (Å²) >= 11 is 1.02. The molecule has 0 saturated carbocycles. The lowest BCUT2D eigenvalue weighted by Crippen LogP contribution is -2.50. The smallest absolute Gasteiger partial charge is 0.409 e. The van der Waals surface area contributed by atoms with Gasteiger partial charge in [0.1, 0.15) is 11.4 Å². The molecule has 1 aromatic carbocycles. The normalized spacial score (nSPS) is 14.3. The Morgan fingerprint density at radius 2 is 1.77 bits per heavy atom. The quantitative estimate of drug-likeness (QED) is 0.708. The van der Waals surface area contributed by atoms with Gasteiger partial charge in [0.25, 0.3) is 15.9 Å². The second-order valence-corrected chi connectivity index (χ2v) is 8.84. The van der Waals surface area contributed by atoms with Crippen LogP contribution in [0.1, 0.15) is 17.4 Å². The van der Waals surface area contributed by atoms with E-state index in [1.807, 2.05) is 0 Å². The molecule has 0 aliphatic carbocycles. The number of aromatic nitrogens is 1. The van der Waals surface area contributed by atoms with Crippen LogP contribution in [0.5, 0.6) is 5.75 Å². The van der Waals surface area contributed by atoms with Gasteiger partial charge in [-0.3, -0.25) is 9.52 Å². The Balaban J connectivity index is 1.61. The zero-order valence-corrected chi connectivity index (χ0v) is 18.2. The topological polar surface area (TPSA) is 118 Å². The van der Waals surface area contributed by atoms with Crippen molar-refractivity contribution in [2.75, 3.05) is 44.6 Å². The number of rotatable bonds is 6. The maximum atomic E-state index is 12.7. The largest absolute Gasteiger partial charge is 0.497 e. The number of piperazine rings is 1. The third kappa shape index (κ3) is 5.00. The summed E-state index contributed by atoms with van der Waals surface area (Å²) in [5, 5.41) is 1.60. The van der Waals surface area contributed by atoms with Crippen LogP contribution in [-0.4, -0.2) is 75.1 Å². The van der Waals surface area contributed by atoms with Crippen molar-refractivity contribution in [1.82, 2.24) is 14.8 Å². The van der Waals surface area contributed by atoms with Crippen LogP contribution in [0.3, 0.4) is 0 Å². The third-order valence-corrected chi connectivity index (χ3v) is 6.65. The molecule has 12 heteroatoms. The van der Waals surface area contributed by atoms with E-state index in [0.717, 1.165) is 11.3 Å². The van der Waals surface area contributed by atoms with Gasteiger partial charge in [0.05, 0.1) is 18.6 Å². The Bertz CT molecular complexity index is 998. The predicted octanol–water partition coefficient (Wildman–Crippen LogP) is 1.87. The molecule has 1 saturated heterocycles. The number of carbonyl (C=O) groups is 2. The number of methoxy groups -OCH3 is 1. The highest BCUT2D eigenvalue weighted by atomic mass is 32.2. The molecule has 0 atom stereocenters. The van der Waals surface area contributed by atoms with Crippen molar-refractivity contribution in [3.05, 3.63) is 35.3 Å². The van der Waals surface area contributed by atoms with Gasteiger partial charge in [-0.15, -0.1) is 11.3 Å². The second-order valence-electron chi connectivity index (χ2n) is 6.30. The fourth-order valence-corrected chi connectivity index (χ4v) is 4.75. The van der Waals surface area contributed by atoms with Crippen molar-refractivity contribution in [2.24, 2.45) is 0 Å². The molecule has 2 heterocycles. The maximum Gasteiger partial charge on any atom is 0.409 e. The maximum absolute atomic E-state index is 12.7. The zero-order chi connectivity index (χ0) is 21.7. The number of benzene rings is 1. The van der Waals surface area contributed by atoms with Gasteiger partial charge in [-0.25, -0.2) is 18.2 Å². The standard InChI is InChI=1S/C18H22N4O6S2/c1-3-28-18(24)22-10-8-21(9-11-22)16(23)15-12-29-17(19-15)20-30(25,26)14-6-4-13(27-2)5-7-14/h4-7,12H,3,8-11H2,1-2H3,(H,19,20). The monoisotopic (exact) mass is 454 g/mol. The zero-order valence-electron chi connectivity index (χ0n) is 16.5. The number of amides is 2. The number of nitrogens with one attached hydrogen (secondary N) is 1. The Kier molecular flexibility index (Phi) is 6.77. The molecule has 1 aliphatic heterocycles. The van der Waals surface area contributed by atoms with E-state index in [1.54, 1.807) is 28.9 Å². The van der Waals surface area contributed by atoms with E-state index in [9.17, 15) is 18.0 Å². The molecular formula is C18H22N4O6S2. The fraction of sp³-hybridized carbons (Fsp3) is 0.389. The first-order valence-corrected chi connectivity index (χ1v) is 11.5. The third-order valence-electron chi connectivity index (χ3n) is 4.41. The van der Waals surface area contributed by atoms with Crippen LogP contribution in [0.25, 0.3) is 0 Å². The van der Waals surface area contributed by atoms with E-state index < -0.39 is 16.1 Å². The number of sulfonamides is 1. The minimum Gasteiger partial charge on any atom is -0.497 e. The first-order chi connectivity index (χ1) is 14.3. The molecule has 2 amide bonds. The lowest BCUT2D eigenvalue weighted by Gasteiger charge is -2.33. The number of hydrogen-bond donors (Lipinski definition) is 1. The Morgan fingerprint density at radius 3 is 2.37 bits per heavy atom. The van der Waals surface area contributed by atoms with E-state index >= 15 is 0 Å². The van der Waals surface area contributed by atoms with Crippen molar-refractivity contribution < 1.29 is 27.5 Å². The highest BCUT2D eigenvalue weighted by Crippen LogP contribution is 2.22. The van der Waals surface area contributed by atoms with E-state index in [2.05, 4.69) is 9.71 Å². The van der Waals surface area contributed by atoms with E-state index in [1.165, 1.54) is 24.6 Å². The molecule has 0 radical (unpaired) electrons. The molecule has 1 aromatic heterocycles. The van der Waals surface area contributed by atoms with E-state index in [-0.39, 0.29) is 21.6 Å².